The molecule has 0 radical (unpaired) electrons. The van der Waals surface area contributed by atoms with Crippen LogP contribution in [0.4, 0.5) is 0 Å². The van der Waals surface area contributed by atoms with E-state index in [-0.39, 0.29) is 37.1 Å². The van der Waals surface area contributed by atoms with E-state index in [1.165, 1.54) is 12.8 Å². The van der Waals surface area contributed by atoms with Gasteiger partial charge < -0.3 is 15.1 Å². The maximum Gasteiger partial charge on any atom is 0.227 e. The molecule has 1 aliphatic rings. The van der Waals surface area contributed by atoms with E-state index < -0.39 is 0 Å². The van der Waals surface area contributed by atoms with Gasteiger partial charge in [-0.05, 0) is 56.6 Å². The lowest BCUT2D eigenvalue weighted by molar-refractivity contribution is -0.120. The molecule has 25 heavy (non-hydrogen) atoms. The zero-order valence-electron chi connectivity index (χ0n) is 14.2. The first-order valence-corrected chi connectivity index (χ1v) is 9.13. The van der Waals surface area contributed by atoms with E-state index in [2.05, 4.69) is 15.6 Å². The highest BCUT2D eigenvalue weighted by Crippen LogP contribution is 2.24. The molecule has 0 spiro atoms. The lowest BCUT2D eigenvalue weighted by Crippen LogP contribution is -2.33. The van der Waals surface area contributed by atoms with Gasteiger partial charge >= 0.3 is 0 Å². The second kappa shape index (κ2) is 10.8. The van der Waals surface area contributed by atoms with Gasteiger partial charge in [-0.2, -0.15) is 11.3 Å². The average molecular weight is 406 g/mol. The summed E-state index contributed by atoms with van der Waals surface area (Å²) in [5.41, 5.74) is 1.69. The van der Waals surface area contributed by atoms with Gasteiger partial charge in [-0.15, -0.1) is 24.8 Å². The van der Waals surface area contributed by atoms with Crippen LogP contribution in [0.3, 0.4) is 0 Å². The number of carbonyl (C=O) groups is 1. The van der Waals surface area contributed by atoms with Gasteiger partial charge in [0.25, 0.3) is 0 Å². The van der Waals surface area contributed by atoms with Gasteiger partial charge in [0.1, 0.15) is 5.76 Å². The molecule has 0 aliphatic carbocycles. The normalized spacial score (nSPS) is 16.6. The van der Waals surface area contributed by atoms with Crippen molar-refractivity contribution in [3.8, 4) is 11.5 Å². The highest BCUT2D eigenvalue weighted by molar-refractivity contribution is 7.08. The Labute approximate surface area is 164 Å². The van der Waals surface area contributed by atoms with Crippen LogP contribution in [0.25, 0.3) is 11.5 Å². The van der Waals surface area contributed by atoms with Gasteiger partial charge in [0.15, 0.2) is 0 Å². The number of hydrogen-bond donors (Lipinski definition) is 2. The van der Waals surface area contributed by atoms with E-state index in [9.17, 15) is 4.79 Å². The van der Waals surface area contributed by atoms with Gasteiger partial charge in [-0.1, -0.05) is 0 Å². The van der Waals surface area contributed by atoms with Crippen LogP contribution in [-0.2, 0) is 11.2 Å². The number of halogens is 2. The highest BCUT2D eigenvalue weighted by atomic mass is 35.5. The first-order chi connectivity index (χ1) is 11.2. The molecule has 1 amide bonds. The summed E-state index contributed by atoms with van der Waals surface area (Å²) in [6.07, 6.45) is 3.82. The topological polar surface area (TPSA) is 67.2 Å². The maximum atomic E-state index is 12.1. The molecule has 0 bridgehead atoms. The number of piperidine rings is 1. The zero-order chi connectivity index (χ0) is 16.1. The summed E-state index contributed by atoms with van der Waals surface area (Å²) >= 11 is 1.60. The summed E-state index contributed by atoms with van der Waals surface area (Å²) in [6, 6.07) is 1.97. The number of oxazole rings is 1. The van der Waals surface area contributed by atoms with Crippen molar-refractivity contribution < 1.29 is 9.21 Å². The molecule has 1 aliphatic heterocycles. The van der Waals surface area contributed by atoms with E-state index in [0.717, 1.165) is 43.1 Å². The summed E-state index contributed by atoms with van der Waals surface area (Å²) < 4.78 is 5.67. The molecule has 8 heteroatoms. The Balaban J connectivity index is 0.00000156. The van der Waals surface area contributed by atoms with Crippen LogP contribution in [-0.4, -0.2) is 30.5 Å². The van der Waals surface area contributed by atoms with Crippen molar-refractivity contribution in [2.24, 2.45) is 5.92 Å². The third kappa shape index (κ3) is 6.29. The number of thiophene rings is 1. The lowest BCUT2D eigenvalue weighted by Gasteiger charge is -2.22. The van der Waals surface area contributed by atoms with Gasteiger partial charge in [-0.3, -0.25) is 4.79 Å². The Morgan fingerprint density at radius 1 is 1.48 bits per heavy atom. The number of carbonyl (C=O) groups excluding carboxylic acids is 1. The molecular formula is C17H25Cl2N3O2S. The number of aryl methyl sites for hydroxylation is 1. The molecule has 5 nitrogen and oxygen atoms in total. The Morgan fingerprint density at radius 2 is 2.32 bits per heavy atom. The molecule has 0 aromatic carbocycles. The highest BCUT2D eigenvalue weighted by Gasteiger charge is 2.16. The smallest absolute Gasteiger partial charge is 0.227 e. The number of nitrogens with zero attached hydrogens (tertiary/aromatic N) is 1. The molecule has 2 N–H and O–H groups in total. The number of amides is 1. The molecule has 1 saturated heterocycles. The molecule has 1 unspecified atom stereocenters. The van der Waals surface area contributed by atoms with Crippen molar-refractivity contribution in [3.63, 3.8) is 0 Å². The minimum atomic E-state index is 0. The van der Waals surface area contributed by atoms with Crippen molar-refractivity contribution in [1.29, 1.82) is 0 Å². The molecular weight excluding hydrogens is 381 g/mol. The van der Waals surface area contributed by atoms with Crippen LogP contribution in [0, 0.1) is 12.8 Å². The number of hydrogen-bond acceptors (Lipinski definition) is 5. The molecule has 3 heterocycles. The molecule has 3 rings (SSSR count). The van der Waals surface area contributed by atoms with E-state index in [4.69, 9.17) is 4.42 Å². The van der Waals surface area contributed by atoms with Crippen LogP contribution < -0.4 is 10.6 Å². The summed E-state index contributed by atoms with van der Waals surface area (Å²) in [4.78, 5) is 16.6. The fourth-order valence-electron chi connectivity index (χ4n) is 2.90. The van der Waals surface area contributed by atoms with Gasteiger partial charge in [0.05, 0.1) is 12.1 Å². The minimum absolute atomic E-state index is 0. The first kappa shape index (κ1) is 22.0. The van der Waals surface area contributed by atoms with Crippen molar-refractivity contribution >= 4 is 42.1 Å². The van der Waals surface area contributed by atoms with E-state index in [0.29, 0.717) is 11.8 Å². The lowest BCUT2D eigenvalue weighted by atomic mass is 9.96. The first-order valence-electron chi connectivity index (χ1n) is 8.18. The van der Waals surface area contributed by atoms with Crippen LogP contribution in [0.2, 0.25) is 0 Å². The number of aromatic nitrogens is 1. The SMILES string of the molecule is Cc1oc(-c2ccsc2)nc1CC(=O)NCCC1CCCNC1.Cl.Cl. The summed E-state index contributed by atoms with van der Waals surface area (Å²) in [7, 11) is 0. The van der Waals surface area contributed by atoms with E-state index >= 15 is 0 Å². The Morgan fingerprint density at radius 3 is 3.00 bits per heavy atom. The molecule has 1 atom stereocenters. The minimum Gasteiger partial charge on any atom is -0.441 e. The fraction of sp³-hybridized carbons (Fsp3) is 0.529. The largest absolute Gasteiger partial charge is 0.441 e. The van der Waals surface area contributed by atoms with E-state index in [1.54, 1.807) is 11.3 Å². The summed E-state index contributed by atoms with van der Waals surface area (Å²) in [6.45, 7) is 4.79. The molecule has 2 aromatic heterocycles. The van der Waals surface area contributed by atoms with Gasteiger partial charge in [0, 0.05) is 17.5 Å². The van der Waals surface area contributed by atoms with Crippen molar-refractivity contribution in [2.45, 2.75) is 32.6 Å². The predicted octanol–water partition coefficient (Wildman–Crippen LogP) is 3.60. The summed E-state index contributed by atoms with van der Waals surface area (Å²) in [5.74, 6) is 2.02. The molecule has 2 aromatic rings. The van der Waals surface area contributed by atoms with Crippen molar-refractivity contribution in [1.82, 2.24) is 15.6 Å². The average Bonchev–Trinajstić information content (AvgIpc) is 3.19. The van der Waals surface area contributed by atoms with Crippen molar-refractivity contribution in [3.05, 3.63) is 28.3 Å². The van der Waals surface area contributed by atoms with E-state index in [1.807, 2.05) is 23.8 Å². The van der Waals surface area contributed by atoms with Crippen LogP contribution in [0.1, 0.15) is 30.7 Å². The van der Waals surface area contributed by atoms with Crippen LogP contribution in [0.15, 0.2) is 21.2 Å². The number of nitrogens with one attached hydrogen (secondary N) is 2. The summed E-state index contributed by atoms with van der Waals surface area (Å²) in [5, 5.41) is 10.4. The quantitative estimate of drug-likeness (QED) is 0.769. The second-order valence-electron chi connectivity index (χ2n) is 6.06. The number of rotatable bonds is 6. The Hall–Kier alpha value is -1.08. The maximum absolute atomic E-state index is 12.1. The van der Waals surface area contributed by atoms with Gasteiger partial charge in [-0.25, -0.2) is 4.98 Å². The zero-order valence-corrected chi connectivity index (χ0v) is 16.7. The predicted molar refractivity (Wildman–Crippen MR) is 106 cm³/mol. The van der Waals surface area contributed by atoms with Gasteiger partial charge in [0.2, 0.25) is 11.8 Å². The van der Waals surface area contributed by atoms with Crippen LogP contribution >= 0.6 is 36.2 Å². The molecule has 1 fully saturated rings. The standard InChI is InChI=1S/C17H23N3O2S.2ClH/c1-12-15(20-17(22-12)14-5-8-23-11-14)9-16(21)19-7-4-13-3-2-6-18-10-13;;/h5,8,11,13,18H,2-4,6-7,9-10H2,1H3,(H,19,21);2*1H. The second-order valence-corrected chi connectivity index (χ2v) is 6.84. The van der Waals surface area contributed by atoms with Crippen LogP contribution in [0.5, 0.6) is 0 Å². The third-order valence-corrected chi connectivity index (χ3v) is 4.95. The molecule has 140 valence electrons. The third-order valence-electron chi connectivity index (χ3n) is 4.26. The van der Waals surface area contributed by atoms with Crippen molar-refractivity contribution in [2.75, 3.05) is 19.6 Å². The monoisotopic (exact) mass is 405 g/mol. The molecule has 0 saturated carbocycles. The Bertz CT molecular complexity index is 640. The Kier molecular flexibility index (Phi) is 9.50. The fourth-order valence-corrected chi connectivity index (χ4v) is 3.53.